The van der Waals surface area contributed by atoms with Gasteiger partial charge in [0.25, 0.3) is 0 Å². The maximum atomic E-state index is 11.5. The van der Waals surface area contributed by atoms with E-state index in [0.717, 1.165) is 60.6 Å². The van der Waals surface area contributed by atoms with E-state index in [2.05, 4.69) is 29.9 Å². The molecule has 2 unspecified atom stereocenters. The van der Waals surface area contributed by atoms with Crippen LogP contribution < -0.4 is 14.9 Å². The highest BCUT2D eigenvalue weighted by Gasteiger charge is 2.21. The van der Waals surface area contributed by atoms with Crippen LogP contribution in [0.2, 0.25) is 0 Å². The molecule has 25 heavy (non-hydrogen) atoms. The lowest BCUT2D eigenvalue weighted by Crippen LogP contribution is -2.37. The number of nitrogens with one attached hydrogen (secondary N) is 2. The second-order valence-electron chi connectivity index (χ2n) is 6.24. The van der Waals surface area contributed by atoms with Crippen molar-refractivity contribution >= 4 is 11.3 Å². The van der Waals surface area contributed by atoms with Crippen LogP contribution in [0.5, 0.6) is 11.6 Å². The van der Waals surface area contributed by atoms with Gasteiger partial charge < -0.3 is 15.2 Å². The van der Waals surface area contributed by atoms with Gasteiger partial charge in [0.05, 0.1) is 4.88 Å². The molecule has 0 radical (unpaired) electrons. The molecule has 0 amide bonds. The monoisotopic (exact) mass is 360 g/mol. The van der Waals surface area contributed by atoms with Gasteiger partial charge in [-0.1, -0.05) is 30.4 Å². The highest BCUT2D eigenvalue weighted by atomic mass is 32.1. The Hall–Kier alpha value is -2.05. The van der Waals surface area contributed by atoms with Crippen LogP contribution in [-0.4, -0.2) is 29.3 Å². The molecule has 134 valence electrons. The molecule has 0 saturated carbocycles. The van der Waals surface area contributed by atoms with Crippen molar-refractivity contribution in [1.82, 2.24) is 10.3 Å². The zero-order valence-corrected chi connectivity index (χ0v) is 15.2. The van der Waals surface area contributed by atoms with Crippen molar-refractivity contribution in [1.29, 1.82) is 0 Å². The fraction of sp³-hybridized carbons (Fsp3) is 0.421. The van der Waals surface area contributed by atoms with Crippen LogP contribution in [0.1, 0.15) is 41.7 Å². The van der Waals surface area contributed by atoms with Crippen molar-refractivity contribution in [2.24, 2.45) is 0 Å². The smallest absolute Gasteiger partial charge is 0.307 e. The second kappa shape index (κ2) is 7.89. The maximum absolute atomic E-state index is 11.5. The lowest BCUT2D eigenvalue weighted by Gasteiger charge is -2.25. The van der Waals surface area contributed by atoms with E-state index < -0.39 is 0 Å². The third-order valence-corrected chi connectivity index (χ3v) is 5.51. The third kappa shape index (κ3) is 3.96. The van der Waals surface area contributed by atoms with Crippen molar-refractivity contribution in [2.75, 3.05) is 13.1 Å². The zero-order valence-electron chi connectivity index (χ0n) is 14.4. The van der Waals surface area contributed by atoms with Gasteiger partial charge in [0, 0.05) is 12.5 Å². The second-order valence-corrected chi connectivity index (χ2v) is 7.26. The fourth-order valence-electron chi connectivity index (χ4n) is 3.30. The number of H-pyrrole nitrogens is 1. The summed E-state index contributed by atoms with van der Waals surface area (Å²) in [5, 5.41) is 13.4. The molecule has 1 aliphatic heterocycles. The predicted octanol–water partition coefficient (Wildman–Crippen LogP) is 3.15. The van der Waals surface area contributed by atoms with Gasteiger partial charge in [0.2, 0.25) is 5.88 Å². The molecule has 0 spiro atoms. The molecule has 0 bridgehead atoms. The summed E-state index contributed by atoms with van der Waals surface area (Å²) in [5.74, 6) is 0.573. The van der Waals surface area contributed by atoms with Crippen LogP contribution in [0.4, 0.5) is 0 Å². The Balaban J connectivity index is 1.88. The van der Waals surface area contributed by atoms with Crippen molar-refractivity contribution in [3.8, 4) is 11.6 Å². The number of ether oxygens (including phenoxy) is 1. The molecule has 3 N–H and O–H groups in total. The summed E-state index contributed by atoms with van der Waals surface area (Å²) in [6.07, 6.45) is 5.00. The Morgan fingerprint density at radius 3 is 2.96 bits per heavy atom. The largest absolute Gasteiger partial charge is 0.494 e. The van der Waals surface area contributed by atoms with Crippen LogP contribution in [0.25, 0.3) is 0 Å². The zero-order chi connectivity index (χ0) is 17.8. The van der Waals surface area contributed by atoms with Crippen molar-refractivity contribution in [3.05, 3.63) is 56.5 Å². The van der Waals surface area contributed by atoms with Gasteiger partial charge in [0.1, 0.15) is 11.9 Å². The average molecular weight is 360 g/mol. The number of rotatable bonds is 6. The molecule has 1 saturated heterocycles. The first-order valence-corrected chi connectivity index (χ1v) is 9.48. The van der Waals surface area contributed by atoms with Crippen molar-refractivity contribution in [3.63, 3.8) is 0 Å². The number of aromatic hydroxyl groups is 1. The molecule has 5 nitrogen and oxygen atoms in total. The third-order valence-electron chi connectivity index (χ3n) is 4.56. The van der Waals surface area contributed by atoms with E-state index in [4.69, 9.17) is 4.74 Å². The number of thiazole rings is 1. The van der Waals surface area contributed by atoms with E-state index in [-0.39, 0.29) is 22.8 Å². The van der Waals surface area contributed by atoms with Crippen molar-refractivity contribution < 1.29 is 9.84 Å². The summed E-state index contributed by atoms with van der Waals surface area (Å²) >= 11 is 1.02. The van der Waals surface area contributed by atoms with Crippen LogP contribution in [0.3, 0.4) is 0 Å². The first-order valence-electron chi connectivity index (χ1n) is 8.67. The summed E-state index contributed by atoms with van der Waals surface area (Å²) in [6.45, 7) is 7.92. The van der Waals surface area contributed by atoms with Gasteiger partial charge in [-0.25, -0.2) is 0 Å². The minimum atomic E-state index is -0.262. The molecule has 0 aliphatic carbocycles. The Morgan fingerprint density at radius 1 is 1.52 bits per heavy atom. The quantitative estimate of drug-likeness (QED) is 0.692. The topological polar surface area (TPSA) is 74.3 Å². The van der Waals surface area contributed by atoms with Gasteiger partial charge in [-0.15, -0.1) is 6.58 Å². The molecule has 2 aromatic rings. The number of benzene rings is 1. The Kier molecular flexibility index (Phi) is 5.60. The van der Waals surface area contributed by atoms with Crippen molar-refractivity contribution in [2.45, 2.75) is 38.2 Å². The maximum Gasteiger partial charge on any atom is 0.307 e. The molecule has 3 rings (SSSR count). The highest BCUT2D eigenvalue weighted by molar-refractivity contribution is 7.09. The molecular weight excluding hydrogens is 336 g/mol. The first-order chi connectivity index (χ1) is 12.1. The summed E-state index contributed by atoms with van der Waals surface area (Å²) in [5.41, 5.74) is 2.17. The van der Waals surface area contributed by atoms with Gasteiger partial charge in [-0.05, 0) is 49.1 Å². The highest BCUT2D eigenvalue weighted by Crippen LogP contribution is 2.36. The summed E-state index contributed by atoms with van der Waals surface area (Å²) in [7, 11) is 0. The Labute approximate surface area is 151 Å². The van der Waals surface area contributed by atoms with E-state index in [1.54, 1.807) is 6.08 Å². The lowest BCUT2D eigenvalue weighted by atomic mass is 9.91. The summed E-state index contributed by atoms with van der Waals surface area (Å²) in [4.78, 5) is 14.3. The average Bonchev–Trinajstić information content (AvgIpc) is 2.95. The van der Waals surface area contributed by atoms with E-state index >= 15 is 0 Å². The number of piperidine rings is 1. The Bertz CT molecular complexity index is 790. The van der Waals surface area contributed by atoms with E-state index in [1.165, 1.54) is 0 Å². The molecular formula is C19H24N2O3S. The van der Waals surface area contributed by atoms with Crippen LogP contribution in [0.15, 0.2) is 35.6 Å². The molecule has 1 fully saturated rings. The predicted molar refractivity (Wildman–Crippen MR) is 101 cm³/mol. The standard InChI is InChI=1S/C19H24N2O3S/c1-3-12-10-13(24-14-6-5-9-20-11-14)7-8-16(12)15(4-2)17-18(22)21-19(23)25-17/h4,7-8,10,14-15,20,22H,2-3,5-6,9,11H2,1H3,(H,21,23). The van der Waals surface area contributed by atoms with Crippen LogP contribution in [0, 0.1) is 0 Å². The number of hydrogen-bond donors (Lipinski definition) is 3. The van der Waals surface area contributed by atoms with Gasteiger partial charge >= 0.3 is 4.87 Å². The molecule has 2 atom stereocenters. The van der Waals surface area contributed by atoms with E-state index in [0.29, 0.717) is 4.88 Å². The number of aryl methyl sites for hydroxylation is 1. The van der Waals surface area contributed by atoms with E-state index in [9.17, 15) is 9.90 Å². The molecule has 1 aliphatic rings. The normalized spacial score (nSPS) is 18.7. The number of hydrogen-bond acceptors (Lipinski definition) is 5. The number of aromatic amines is 1. The minimum Gasteiger partial charge on any atom is -0.494 e. The molecule has 2 heterocycles. The first kappa shape index (κ1) is 17.8. The van der Waals surface area contributed by atoms with Gasteiger partial charge in [-0.2, -0.15) is 0 Å². The number of aromatic nitrogens is 1. The van der Waals surface area contributed by atoms with Crippen LogP contribution in [-0.2, 0) is 6.42 Å². The fourth-order valence-corrected chi connectivity index (χ4v) is 4.14. The molecule has 6 heteroatoms. The molecule has 1 aromatic carbocycles. The minimum absolute atomic E-state index is 0.0736. The van der Waals surface area contributed by atoms with Gasteiger partial charge in [-0.3, -0.25) is 9.78 Å². The summed E-state index contributed by atoms with van der Waals surface area (Å²) < 4.78 is 6.11. The van der Waals surface area contributed by atoms with Gasteiger partial charge in [0.15, 0.2) is 0 Å². The lowest BCUT2D eigenvalue weighted by molar-refractivity contribution is 0.167. The summed E-state index contributed by atoms with van der Waals surface area (Å²) in [6, 6.07) is 6.04. The Morgan fingerprint density at radius 2 is 2.36 bits per heavy atom. The number of allylic oxidation sites excluding steroid dienone is 1. The van der Waals surface area contributed by atoms with E-state index in [1.807, 2.05) is 12.1 Å². The SMILES string of the molecule is C=CC(c1ccc(OC2CCCNC2)cc1CC)c1sc(=O)[nH]c1O. The van der Waals surface area contributed by atoms with Crippen LogP contribution >= 0.6 is 11.3 Å². The molecule has 1 aromatic heterocycles.